The van der Waals surface area contributed by atoms with Crippen molar-refractivity contribution in [1.82, 2.24) is 9.78 Å². The highest BCUT2D eigenvalue weighted by molar-refractivity contribution is 6.47. The molecule has 0 fully saturated rings. The molecule has 1 heterocycles. The van der Waals surface area contributed by atoms with Crippen molar-refractivity contribution in [2.75, 3.05) is 12.4 Å². The number of carbonyl (C=O) groups is 3. The van der Waals surface area contributed by atoms with Gasteiger partial charge in [-0.25, -0.2) is 4.79 Å². The lowest BCUT2D eigenvalue weighted by Gasteiger charge is -2.06. The minimum Gasteiger partial charge on any atom is -0.465 e. The first-order valence-electron chi connectivity index (χ1n) is 6.89. The second-order valence-corrected chi connectivity index (χ2v) is 5.02. The highest BCUT2D eigenvalue weighted by Crippen LogP contribution is 2.15. The summed E-state index contributed by atoms with van der Waals surface area (Å²) < 4.78 is 6.15. The Bertz CT molecular complexity index is 775. The first kappa shape index (κ1) is 16.4. The molecular weight excluding hydrogens is 298 g/mol. The lowest BCUT2D eigenvalue weighted by molar-refractivity contribution is -0.112. The number of carbonyl (C=O) groups excluding carboxylic acids is 3. The van der Waals surface area contributed by atoms with Crippen molar-refractivity contribution in [3.8, 4) is 0 Å². The number of anilines is 1. The number of ether oxygens (including phenoxy) is 1. The van der Waals surface area contributed by atoms with Gasteiger partial charge >= 0.3 is 5.97 Å². The van der Waals surface area contributed by atoms with Crippen molar-refractivity contribution in [3.63, 3.8) is 0 Å². The molecular formula is C16H17N3O4. The van der Waals surface area contributed by atoms with Crippen LogP contribution in [0, 0.1) is 13.8 Å². The topological polar surface area (TPSA) is 90.3 Å². The molecule has 1 aromatic heterocycles. The minimum absolute atomic E-state index is 0.302. The molecule has 0 atom stereocenters. The van der Waals surface area contributed by atoms with Crippen LogP contribution >= 0.6 is 0 Å². The van der Waals surface area contributed by atoms with Gasteiger partial charge in [-0.05, 0) is 38.1 Å². The van der Waals surface area contributed by atoms with Crippen molar-refractivity contribution in [2.45, 2.75) is 13.8 Å². The van der Waals surface area contributed by atoms with E-state index in [2.05, 4.69) is 15.2 Å². The summed E-state index contributed by atoms with van der Waals surface area (Å²) in [6.07, 6.45) is 0. The molecule has 0 saturated heterocycles. The third-order valence-corrected chi connectivity index (χ3v) is 3.51. The highest BCUT2D eigenvalue weighted by Gasteiger charge is 2.23. The fourth-order valence-electron chi connectivity index (χ4n) is 2.21. The quantitative estimate of drug-likeness (QED) is 0.526. The second kappa shape index (κ2) is 6.43. The number of hydrogen-bond acceptors (Lipinski definition) is 5. The number of ketones is 1. The Hall–Kier alpha value is -2.96. The number of methoxy groups -OCH3 is 1. The molecule has 0 saturated carbocycles. The number of aryl methyl sites for hydroxylation is 2. The van der Waals surface area contributed by atoms with Gasteiger partial charge in [-0.1, -0.05) is 0 Å². The fourth-order valence-corrected chi connectivity index (χ4v) is 2.21. The van der Waals surface area contributed by atoms with Crippen molar-refractivity contribution < 1.29 is 19.1 Å². The Balaban J connectivity index is 2.15. The molecule has 0 radical (unpaired) electrons. The lowest BCUT2D eigenvalue weighted by Crippen LogP contribution is -2.24. The van der Waals surface area contributed by atoms with Crippen LogP contribution in [0.1, 0.15) is 32.1 Å². The van der Waals surface area contributed by atoms with Gasteiger partial charge in [0, 0.05) is 18.4 Å². The predicted octanol–water partition coefficient (Wildman–Crippen LogP) is 1.64. The predicted molar refractivity (Wildman–Crippen MR) is 83.4 cm³/mol. The van der Waals surface area contributed by atoms with Crippen molar-refractivity contribution >= 4 is 23.3 Å². The molecule has 1 N–H and O–H groups in total. The Kier molecular flexibility index (Phi) is 4.59. The van der Waals surface area contributed by atoms with Crippen LogP contribution in [0.4, 0.5) is 5.69 Å². The lowest BCUT2D eigenvalue weighted by atomic mass is 10.1. The summed E-state index contributed by atoms with van der Waals surface area (Å²) in [5.74, 6) is -1.87. The molecule has 7 nitrogen and oxygen atoms in total. The standard InChI is InChI=1S/C16H17N3O4/c1-9-13(10(2)19(3)18-9)14(20)15(21)17-12-7-5-11(6-8-12)16(22)23-4/h5-8H,1-4H3,(H,17,21). The highest BCUT2D eigenvalue weighted by atomic mass is 16.5. The normalized spacial score (nSPS) is 10.3. The summed E-state index contributed by atoms with van der Waals surface area (Å²) in [4.78, 5) is 35.7. The van der Waals surface area contributed by atoms with Gasteiger partial charge < -0.3 is 10.1 Å². The number of hydrogen-bond donors (Lipinski definition) is 1. The zero-order valence-corrected chi connectivity index (χ0v) is 13.3. The van der Waals surface area contributed by atoms with Crippen LogP contribution in [0.25, 0.3) is 0 Å². The van der Waals surface area contributed by atoms with Crippen LogP contribution < -0.4 is 5.32 Å². The molecule has 23 heavy (non-hydrogen) atoms. The van der Waals surface area contributed by atoms with E-state index in [1.54, 1.807) is 25.6 Å². The van der Waals surface area contributed by atoms with E-state index < -0.39 is 17.7 Å². The first-order chi connectivity index (χ1) is 10.8. The van der Waals surface area contributed by atoms with E-state index >= 15 is 0 Å². The second-order valence-electron chi connectivity index (χ2n) is 5.02. The maximum Gasteiger partial charge on any atom is 0.337 e. The number of esters is 1. The molecule has 0 bridgehead atoms. The fraction of sp³-hybridized carbons (Fsp3) is 0.250. The van der Waals surface area contributed by atoms with Gasteiger partial charge in [-0.15, -0.1) is 0 Å². The van der Waals surface area contributed by atoms with Crippen LogP contribution in [0.5, 0.6) is 0 Å². The van der Waals surface area contributed by atoms with E-state index in [1.807, 2.05) is 0 Å². The third-order valence-electron chi connectivity index (χ3n) is 3.51. The van der Waals surface area contributed by atoms with Gasteiger partial charge in [0.05, 0.1) is 23.9 Å². The van der Waals surface area contributed by atoms with E-state index in [1.165, 1.54) is 31.4 Å². The summed E-state index contributed by atoms with van der Waals surface area (Å²) >= 11 is 0. The SMILES string of the molecule is COC(=O)c1ccc(NC(=O)C(=O)c2c(C)nn(C)c2C)cc1. The summed E-state index contributed by atoms with van der Waals surface area (Å²) in [6.45, 7) is 3.41. The third kappa shape index (κ3) is 3.28. The average molecular weight is 315 g/mol. The van der Waals surface area contributed by atoms with E-state index in [9.17, 15) is 14.4 Å². The largest absolute Gasteiger partial charge is 0.465 e. The number of amides is 1. The monoisotopic (exact) mass is 315 g/mol. The Morgan fingerprint density at radius 2 is 1.74 bits per heavy atom. The number of rotatable bonds is 4. The molecule has 0 aliphatic heterocycles. The average Bonchev–Trinajstić information content (AvgIpc) is 2.79. The number of benzene rings is 1. The van der Waals surface area contributed by atoms with Crippen LogP contribution in [0.2, 0.25) is 0 Å². The molecule has 2 rings (SSSR count). The molecule has 1 amide bonds. The Morgan fingerprint density at radius 1 is 1.13 bits per heavy atom. The molecule has 1 aromatic carbocycles. The molecule has 0 aliphatic rings. The van der Waals surface area contributed by atoms with Gasteiger partial charge in [-0.2, -0.15) is 5.10 Å². The smallest absolute Gasteiger partial charge is 0.337 e. The molecule has 0 aliphatic carbocycles. The van der Waals surface area contributed by atoms with Gasteiger partial charge in [0.2, 0.25) is 0 Å². The zero-order chi connectivity index (χ0) is 17.1. The van der Waals surface area contributed by atoms with E-state index in [4.69, 9.17) is 0 Å². The summed E-state index contributed by atoms with van der Waals surface area (Å²) in [5.41, 5.74) is 2.21. The van der Waals surface area contributed by atoms with E-state index in [-0.39, 0.29) is 0 Å². The molecule has 0 unspecified atom stereocenters. The van der Waals surface area contributed by atoms with Crippen molar-refractivity contribution in [2.24, 2.45) is 7.05 Å². The minimum atomic E-state index is -0.755. The van der Waals surface area contributed by atoms with Crippen LogP contribution in [0.3, 0.4) is 0 Å². The number of aromatic nitrogens is 2. The Morgan fingerprint density at radius 3 is 2.22 bits per heavy atom. The zero-order valence-electron chi connectivity index (χ0n) is 13.3. The van der Waals surface area contributed by atoms with Gasteiger partial charge in [0.25, 0.3) is 11.7 Å². The molecule has 2 aromatic rings. The van der Waals surface area contributed by atoms with Crippen molar-refractivity contribution in [1.29, 1.82) is 0 Å². The maximum atomic E-state index is 12.3. The van der Waals surface area contributed by atoms with Crippen molar-refractivity contribution in [3.05, 3.63) is 46.8 Å². The summed E-state index contributed by atoms with van der Waals surface area (Å²) in [7, 11) is 3.00. The van der Waals surface area contributed by atoms with Crippen LogP contribution in [0.15, 0.2) is 24.3 Å². The van der Waals surface area contributed by atoms with E-state index in [0.717, 1.165) is 0 Å². The number of Topliss-reactive ketones (excluding diaryl/α,β-unsaturated/α-hetero) is 1. The van der Waals surface area contributed by atoms with Crippen LogP contribution in [-0.2, 0) is 16.6 Å². The van der Waals surface area contributed by atoms with Crippen LogP contribution in [-0.4, -0.2) is 34.6 Å². The first-order valence-corrected chi connectivity index (χ1v) is 6.89. The maximum absolute atomic E-state index is 12.3. The Labute approximate surface area is 133 Å². The summed E-state index contributed by atoms with van der Waals surface area (Å²) in [5, 5.41) is 6.64. The molecule has 7 heteroatoms. The van der Waals surface area contributed by atoms with E-state index in [0.29, 0.717) is 28.2 Å². The van der Waals surface area contributed by atoms with Gasteiger partial charge in [0.1, 0.15) is 0 Å². The number of nitrogens with zero attached hydrogens (tertiary/aromatic N) is 2. The number of nitrogens with one attached hydrogen (secondary N) is 1. The summed E-state index contributed by atoms with van der Waals surface area (Å²) in [6, 6.07) is 6.07. The van der Waals surface area contributed by atoms with Gasteiger partial charge in [0.15, 0.2) is 0 Å². The molecule has 0 spiro atoms. The van der Waals surface area contributed by atoms with Gasteiger partial charge in [-0.3, -0.25) is 14.3 Å². The molecule has 120 valence electrons.